The molecular weight excluding hydrogens is 366 g/mol. The Balaban J connectivity index is 2.14. The monoisotopic (exact) mass is 391 g/mol. The van der Waals surface area contributed by atoms with Gasteiger partial charge >= 0.3 is 5.97 Å². The molecule has 27 heavy (non-hydrogen) atoms. The molecule has 0 spiro atoms. The second-order valence-corrected chi connectivity index (χ2v) is 7.76. The maximum absolute atomic E-state index is 12.6. The van der Waals surface area contributed by atoms with Crippen LogP contribution in [0.5, 0.6) is 0 Å². The van der Waals surface area contributed by atoms with E-state index in [2.05, 4.69) is 0 Å². The van der Waals surface area contributed by atoms with Crippen molar-refractivity contribution in [3.63, 3.8) is 0 Å². The Hall–Kier alpha value is -2.25. The molecular formula is C20H25NO5S. The number of ether oxygens (including phenoxy) is 2. The topological polar surface area (TPSA) is 74.6 Å². The third-order valence-electron chi connectivity index (χ3n) is 4.38. The van der Waals surface area contributed by atoms with E-state index in [-0.39, 0.29) is 24.0 Å². The number of carbonyl (C=O) groups is 2. The molecule has 0 amide bonds. The average Bonchev–Trinajstić information content (AvgIpc) is 2.94. The summed E-state index contributed by atoms with van der Waals surface area (Å²) in [6, 6.07) is 8.41. The van der Waals surface area contributed by atoms with Crippen molar-refractivity contribution in [2.45, 2.75) is 31.7 Å². The lowest BCUT2D eigenvalue weighted by molar-refractivity contribution is 0.0471. The van der Waals surface area contributed by atoms with Crippen LogP contribution in [0.3, 0.4) is 0 Å². The molecule has 0 radical (unpaired) electrons. The molecule has 0 N–H and O–H groups in total. The molecule has 0 aliphatic rings. The SMILES string of the molecule is COC[C@H](C)n1c(C)cc(C(=O)COC(=O)c2ccccc2[S@](C)=O)c1C. The van der Waals surface area contributed by atoms with Crippen molar-refractivity contribution in [1.82, 2.24) is 4.57 Å². The van der Waals surface area contributed by atoms with E-state index < -0.39 is 16.8 Å². The maximum atomic E-state index is 12.6. The Bertz CT molecular complexity index is 871. The summed E-state index contributed by atoms with van der Waals surface area (Å²) in [5, 5.41) is 0. The van der Waals surface area contributed by atoms with Gasteiger partial charge < -0.3 is 14.0 Å². The third-order valence-corrected chi connectivity index (χ3v) is 5.36. The normalized spacial score (nSPS) is 13.2. The largest absolute Gasteiger partial charge is 0.454 e. The molecule has 0 saturated carbocycles. The predicted molar refractivity (Wildman–Crippen MR) is 104 cm³/mol. The number of nitrogens with zero attached hydrogens (tertiary/aromatic N) is 1. The van der Waals surface area contributed by atoms with Gasteiger partial charge in [0.1, 0.15) is 0 Å². The van der Waals surface area contributed by atoms with Crippen molar-refractivity contribution < 1.29 is 23.3 Å². The predicted octanol–water partition coefficient (Wildman–Crippen LogP) is 3.09. The number of aryl methyl sites for hydroxylation is 1. The molecule has 0 aliphatic heterocycles. The maximum Gasteiger partial charge on any atom is 0.339 e. The van der Waals surface area contributed by atoms with Gasteiger partial charge in [-0.3, -0.25) is 9.00 Å². The number of benzene rings is 1. The zero-order chi connectivity index (χ0) is 20.1. The number of hydrogen-bond acceptors (Lipinski definition) is 5. The highest BCUT2D eigenvalue weighted by atomic mass is 32.2. The second kappa shape index (κ2) is 9.10. The van der Waals surface area contributed by atoms with E-state index in [1.54, 1.807) is 37.4 Å². The molecule has 2 rings (SSSR count). The minimum atomic E-state index is -1.32. The first-order chi connectivity index (χ1) is 12.8. The van der Waals surface area contributed by atoms with Crippen molar-refractivity contribution in [3.05, 3.63) is 52.8 Å². The Morgan fingerprint density at radius 3 is 2.48 bits per heavy atom. The molecule has 0 aliphatic carbocycles. The van der Waals surface area contributed by atoms with Gasteiger partial charge in [-0.25, -0.2) is 4.79 Å². The molecule has 2 atom stereocenters. The average molecular weight is 391 g/mol. The summed E-state index contributed by atoms with van der Waals surface area (Å²) in [4.78, 5) is 25.3. The lowest BCUT2D eigenvalue weighted by Gasteiger charge is -2.17. The van der Waals surface area contributed by atoms with Gasteiger partial charge in [0.05, 0.1) is 33.9 Å². The van der Waals surface area contributed by atoms with Crippen LogP contribution in [-0.2, 0) is 20.3 Å². The number of methoxy groups -OCH3 is 1. The number of hydrogen-bond donors (Lipinski definition) is 0. The van der Waals surface area contributed by atoms with Gasteiger partial charge in [-0.15, -0.1) is 0 Å². The van der Waals surface area contributed by atoms with Crippen LogP contribution in [0, 0.1) is 13.8 Å². The van der Waals surface area contributed by atoms with Crippen molar-refractivity contribution in [3.8, 4) is 0 Å². The van der Waals surface area contributed by atoms with Crippen LogP contribution >= 0.6 is 0 Å². The number of rotatable bonds is 8. The molecule has 6 nitrogen and oxygen atoms in total. The lowest BCUT2D eigenvalue weighted by Crippen LogP contribution is -2.17. The van der Waals surface area contributed by atoms with E-state index in [0.717, 1.165) is 11.4 Å². The molecule has 1 aromatic heterocycles. The van der Waals surface area contributed by atoms with E-state index in [0.29, 0.717) is 17.1 Å². The molecule has 0 saturated heterocycles. The van der Waals surface area contributed by atoms with Gasteiger partial charge in [0.25, 0.3) is 0 Å². The first-order valence-electron chi connectivity index (χ1n) is 8.58. The summed E-state index contributed by atoms with van der Waals surface area (Å²) in [6.07, 6.45) is 1.49. The summed E-state index contributed by atoms with van der Waals surface area (Å²) in [5.41, 5.74) is 2.49. The summed E-state index contributed by atoms with van der Waals surface area (Å²) < 4.78 is 24.2. The fourth-order valence-electron chi connectivity index (χ4n) is 3.23. The first-order valence-corrected chi connectivity index (χ1v) is 10.1. The number of esters is 1. The fourth-order valence-corrected chi connectivity index (χ4v) is 3.96. The van der Waals surface area contributed by atoms with Crippen LogP contribution in [0.4, 0.5) is 0 Å². The number of Topliss-reactive ketones (excluding diaryl/α,β-unsaturated/α-hetero) is 1. The van der Waals surface area contributed by atoms with Gasteiger partial charge in [-0.2, -0.15) is 0 Å². The molecule has 0 unspecified atom stereocenters. The minimum absolute atomic E-state index is 0.0884. The summed E-state index contributed by atoms with van der Waals surface area (Å²) in [7, 11) is 0.313. The quantitative estimate of drug-likeness (QED) is 0.511. The minimum Gasteiger partial charge on any atom is -0.454 e. The van der Waals surface area contributed by atoms with Crippen LogP contribution in [0.1, 0.15) is 45.1 Å². The van der Waals surface area contributed by atoms with Crippen LogP contribution in [0.25, 0.3) is 0 Å². The van der Waals surface area contributed by atoms with Crippen LogP contribution in [0.15, 0.2) is 35.2 Å². The number of ketones is 1. The van der Waals surface area contributed by atoms with Crippen molar-refractivity contribution in [2.75, 3.05) is 26.6 Å². The molecule has 146 valence electrons. The first kappa shape index (κ1) is 21.1. The van der Waals surface area contributed by atoms with Crippen molar-refractivity contribution in [1.29, 1.82) is 0 Å². The third kappa shape index (κ3) is 4.73. The smallest absolute Gasteiger partial charge is 0.339 e. The van der Waals surface area contributed by atoms with Gasteiger partial charge in [-0.1, -0.05) is 12.1 Å². The Labute approximate surface area is 161 Å². The summed E-state index contributed by atoms with van der Waals surface area (Å²) in [6.45, 7) is 5.97. The Morgan fingerprint density at radius 2 is 1.85 bits per heavy atom. The van der Waals surface area contributed by atoms with Crippen molar-refractivity contribution >= 4 is 22.6 Å². The highest BCUT2D eigenvalue weighted by Crippen LogP contribution is 2.21. The van der Waals surface area contributed by atoms with E-state index >= 15 is 0 Å². The Kier molecular flexibility index (Phi) is 7.10. The standard InChI is InChI=1S/C20H25NO5S/c1-13-10-17(15(3)21(13)14(2)11-25-4)18(22)12-26-20(23)16-8-6-7-9-19(16)27(5)24/h6-10,14H,11-12H2,1-5H3/t14-,27-/m0/s1. The van der Waals surface area contributed by atoms with Crippen LogP contribution in [-0.4, -0.2) is 47.1 Å². The zero-order valence-electron chi connectivity index (χ0n) is 16.3. The summed E-state index contributed by atoms with van der Waals surface area (Å²) in [5.74, 6) is -0.932. The second-order valence-electron chi connectivity index (χ2n) is 6.41. The van der Waals surface area contributed by atoms with Gasteiger partial charge in [0.15, 0.2) is 6.61 Å². The van der Waals surface area contributed by atoms with Gasteiger partial charge in [0.2, 0.25) is 5.78 Å². The van der Waals surface area contributed by atoms with Crippen molar-refractivity contribution in [2.24, 2.45) is 0 Å². The van der Waals surface area contributed by atoms with E-state index in [1.807, 2.05) is 25.3 Å². The van der Waals surface area contributed by atoms with Gasteiger partial charge in [0, 0.05) is 30.3 Å². The van der Waals surface area contributed by atoms with E-state index in [9.17, 15) is 13.8 Å². The van der Waals surface area contributed by atoms with Gasteiger partial charge in [-0.05, 0) is 39.0 Å². The lowest BCUT2D eigenvalue weighted by atomic mass is 10.1. The number of carbonyl (C=O) groups excluding carboxylic acids is 2. The fraction of sp³-hybridized carbons (Fsp3) is 0.400. The molecule has 0 fully saturated rings. The molecule has 7 heteroatoms. The van der Waals surface area contributed by atoms with E-state index in [1.165, 1.54) is 6.26 Å². The zero-order valence-corrected chi connectivity index (χ0v) is 17.1. The van der Waals surface area contributed by atoms with Crippen LogP contribution < -0.4 is 0 Å². The molecule has 0 bridgehead atoms. The molecule has 2 aromatic rings. The highest BCUT2D eigenvalue weighted by molar-refractivity contribution is 7.84. The molecule has 1 heterocycles. The summed E-state index contributed by atoms with van der Waals surface area (Å²) >= 11 is 0. The Morgan fingerprint density at radius 1 is 1.19 bits per heavy atom. The van der Waals surface area contributed by atoms with E-state index in [4.69, 9.17) is 9.47 Å². The molecule has 1 aromatic carbocycles. The highest BCUT2D eigenvalue weighted by Gasteiger charge is 2.21. The number of aromatic nitrogens is 1. The van der Waals surface area contributed by atoms with Crippen LogP contribution in [0.2, 0.25) is 0 Å².